The average molecular weight is 257 g/mol. The monoisotopic (exact) mass is 257 g/mol. The summed E-state index contributed by atoms with van der Waals surface area (Å²) in [6.07, 6.45) is 2.17. The van der Waals surface area contributed by atoms with Crippen LogP contribution in [0, 0.1) is 11.8 Å². The summed E-state index contributed by atoms with van der Waals surface area (Å²) in [5.41, 5.74) is -1.87. The van der Waals surface area contributed by atoms with Crippen molar-refractivity contribution in [2.45, 2.75) is 45.6 Å². The number of nitrogens with zero attached hydrogens (tertiary/aromatic N) is 1. The number of β-amino-alcohol motifs (C(OH)–C–C–N with tert-alkyl or cyclic N) is 1. The van der Waals surface area contributed by atoms with Crippen LogP contribution in [0.1, 0.15) is 40.0 Å². The summed E-state index contributed by atoms with van der Waals surface area (Å²) in [6, 6.07) is 0. The smallest absolute Gasteiger partial charge is 0.337 e. The van der Waals surface area contributed by atoms with Crippen LogP contribution in [0.5, 0.6) is 0 Å². The van der Waals surface area contributed by atoms with E-state index in [-0.39, 0.29) is 12.5 Å². The number of rotatable bonds is 4. The van der Waals surface area contributed by atoms with E-state index < -0.39 is 11.6 Å². The van der Waals surface area contributed by atoms with Gasteiger partial charge in [-0.1, -0.05) is 13.8 Å². The van der Waals surface area contributed by atoms with E-state index in [9.17, 15) is 14.7 Å². The van der Waals surface area contributed by atoms with Crippen LogP contribution in [0.3, 0.4) is 0 Å². The van der Waals surface area contributed by atoms with E-state index in [2.05, 4.69) is 13.8 Å². The molecule has 1 aliphatic rings. The fourth-order valence-corrected chi connectivity index (χ4v) is 2.33. The van der Waals surface area contributed by atoms with Gasteiger partial charge in [-0.2, -0.15) is 0 Å². The molecule has 0 spiro atoms. The number of aliphatic hydroxyl groups is 1. The van der Waals surface area contributed by atoms with Crippen molar-refractivity contribution in [2.24, 2.45) is 11.8 Å². The summed E-state index contributed by atoms with van der Waals surface area (Å²) in [4.78, 5) is 24.3. The first-order valence-corrected chi connectivity index (χ1v) is 6.47. The molecule has 1 saturated heterocycles. The van der Waals surface area contributed by atoms with E-state index in [0.717, 1.165) is 12.8 Å². The van der Waals surface area contributed by atoms with Crippen LogP contribution in [0.25, 0.3) is 0 Å². The highest BCUT2D eigenvalue weighted by molar-refractivity contribution is 5.80. The third-order valence-electron chi connectivity index (χ3n) is 3.75. The first-order valence-electron chi connectivity index (χ1n) is 6.47. The molecule has 0 aromatic heterocycles. The average Bonchev–Trinajstić information content (AvgIpc) is 2.41. The van der Waals surface area contributed by atoms with Gasteiger partial charge in [0.2, 0.25) is 5.91 Å². The summed E-state index contributed by atoms with van der Waals surface area (Å²) in [5, 5.41) is 18.6. The summed E-state index contributed by atoms with van der Waals surface area (Å²) >= 11 is 0. The van der Waals surface area contributed by atoms with Crippen LogP contribution in [0.15, 0.2) is 0 Å². The van der Waals surface area contributed by atoms with E-state index in [0.29, 0.717) is 24.8 Å². The van der Waals surface area contributed by atoms with E-state index in [1.54, 1.807) is 0 Å². The van der Waals surface area contributed by atoms with Crippen LogP contribution in [0.2, 0.25) is 0 Å². The Morgan fingerprint density at radius 3 is 2.61 bits per heavy atom. The van der Waals surface area contributed by atoms with Crippen molar-refractivity contribution in [3.63, 3.8) is 0 Å². The maximum Gasteiger partial charge on any atom is 0.337 e. The Bertz CT molecular complexity index is 325. The number of carboxylic acids is 1. The number of carbonyl (C=O) groups is 2. The van der Waals surface area contributed by atoms with Gasteiger partial charge in [0, 0.05) is 13.0 Å². The minimum absolute atomic E-state index is 0.0559. The molecular weight excluding hydrogens is 234 g/mol. The molecule has 5 nitrogen and oxygen atoms in total. The van der Waals surface area contributed by atoms with Crippen LogP contribution in [0.4, 0.5) is 0 Å². The van der Waals surface area contributed by atoms with Crippen LogP contribution < -0.4 is 0 Å². The first kappa shape index (κ1) is 15.0. The number of hydrogen-bond acceptors (Lipinski definition) is 3. The zero-order valence-electron chi connectivity index (χ0n) is 11.3. The largest absolute Gasteiger partial charge is 0.479 e. The molecule has 1 aliphatic heterocycles. The Morgan fingerprint density at radius 1 is 1.50 bits per heavy atom. The second-order valence-electron chi connectivity index (χ2n) is 5.73. The minimum atomic E-state index is -1.87. The number of aliphatic carboxylic acids is 1. The van der Waals surface area contributed by atoms with Gasteiger partial charge in [0.25, 0.3) is 0 Å². The fraction of sp³-hybridized carbons (Fsp3) is 0.846. The molecule has 2 N–H and O–H groups in total. The van der Waals surface area contributed by atoms with Gasteiger partial charge in [-0.25, -0.2) is 4.79 Å². The highest BCUT2D eigenvalue weighted by Crippen LogP contribution is 2.25. The molecule has 1 heterocycles. The van der Waals surface area contributed by atoms with E-state index >= 15 is 0 Å². The van der Waals surface area contributed by atoms with Crippen LogP contribution in [-0.4, -0.2) is 45.7 Å². The number of carbonyl (C=O) groups excluding carboxylic acids is 1. The SMILES string of the molecule is CC(C)C1CCC(=O)N(CC(C)(O)C(=O)O)CC1. The molecule has 0 saturated carbocycles. The highest BCUT2D eigenvalue weighted by atomic mass is 16.4. The van der Waals surface area contributed by atoms with Crippen LogP contribution >= 0.6 is 0 Å². The lowest BCUT2D eigenvalue weighted by Crippen LogP contribution is -2.48. The third-order valence-corrected chi connectivity index (χ3v) is 3.75. The molecule has 1 fully saturated rings. The molecule has 1 rings (SSSR count). The quantitative estimate of drug-likeness (QED) is 0.790. The lowest BCUT2D eigenvalue weighted by atomic mass is 9.89. The molecule has 2 atom stereocenters. The molecule has 0 aliphatic carbocycles. The molecule has 0 aromatic carbocycles. The zero-order chi connectivity index (χ0) is 13.9. The topological polar surface area (TPSA) is 77.8 Å². The van der Waals surface area contributed by atoms with E-state index in [1.165, 1.54) is 11.8 Å². The molecule has 0 radical (unpaired) electrons. The Balaban J connectivity index is 2.67. The van der Waals surface area contributed by atoms with Gasteiger partial charge in [-0.3, -0.25) is 4.79 Å². The molecular formula is C13H23NO4. The molecule has 5 heteroatoms. The predicted molar refractivity (Wildman–Crippen MR) is 67.0 cm³/mol. The van der Waals surface area contributed by atoms with Crippen molar-refractivity contribution in [3.8, 4) is 0 Å². The summed E-state index contributed by atoms with van der Waals surface area (Å²) in [5.74, 6) is -0.328. The molecule has 0 aromatic rings. The molecule has 2 unspecified atom stereocenters. The maximum atomic E-state index is 11.9. The Hall–Kier alpha value is -1.10. The molecule has 18 heavy (non-hydrogen) atoms. The lowest BCUT2D eigenvalue weighted by molar-refractivity contribution is -0.159. The fourth-order valence-electron chi connectivity index (χ4n) is 2.33. The number of hydrogen-bond donors (Lipinski definition) is 2. The number of amides is 1. The molecule has 104 valence electrons. The van der Waals surface area contributed by atoms with Gasteiger partial charge in [0.1, 0.15) is 0 Å². The van der Waals surface area contributed by atoms with Gasteiger partial charge >= 0.3 is 5.97 Å². The Labute approximate surface area is 108 Å². The van der Waals surface area contributed by atoms with Crippen molar-refractivity contribution in [1.29, 1.82) is 0 Å². The number of carboxylic acid groups (broad SMARTS) is 1. The van der Waals surface area contributed by atoms with Gasteiger partial charge < -0.3 is 15.1 Å². The summed E-state index contributed by atoms with van der Waals surface area (Å²) in [7, 11) is 0. The van der Waals surface area contributed by atoms with Crippen molar-refractivity contribution in [2.75, 3.05) is 13.1 Å². The summed E-state index contributed by atoms with van der Waals surface area (Å²) < 4.78 is 0. The normalized spacial score (nSPS) is 24.8. The summed E-state index contributed by atoms with van der Waals surface area (Å²) in [6.45, 7) is 5.90. The van der Waals surface area contributed by atoms with Crippen molar-refractivity contribution in [1.82, 2.24) is 4.90 Å². The zero-order valence-corrected chi connectivity index (χ0v) is 11.3. The van der Waals surface area contributed by atoms with Gasteiger partial charge in [-0.05, 0) is 31.6 Å². The highest BCUT2D eigenvalue weighted by Gasteiger charge is 2.35. The second kappa shape index (κ2) is 5.69. The first-order chi connectivity index (χ1) is 8.24. The number of likely N-dealkylation sites (tertiary alicyclic amines) is 1. The predicted octanol–water partition coefficient (Wildman–Crippen LogP) is 1.11. The Kier molecular flexibility index (Phi) is 4.73. The van der Waals surface area contributed by atoms with E-state index in [4.69, 9.17) is 5.11 Å². The van der Waals surface area contributed by atoms with Crippen molar-refractivity contribution in [3.05, 3.63) is 0 Å². The van der Waals surface area contributed by atoms with Crippen molar-refractivity contribution < 1.29 is 19.8 Å². The van der Waals surface area contributed by atoms with Crippen molar-refractivity contribution >= 4 is 11.9 Å². The van der Waals surface area contributed by atoms with Gasteiger partial charge in [0.05, 0.1) is 6.54 Å². The van der Waals surface area contributed by atoms with Gasteiger partial charge in [-0.15, -0.1) is 0 Å². The van der Waals surface area contributed by atoms with Crippen LogP contribution in [-0.2, 0) is 9.59 Å². The standard InChI is InChI=1S/C13H23NO4/c1-9(2)10-4-5-11(15)14(7-6-10)8-13(3,18)12(16)17/h9-10,18H,4-8H2,1-3H3,(H,16,17). The third kappa shape index (κ3) is 3.70. The maximum absolute atomic E-state index is 11.9. The minimum Gasteiger partial charge on any atom is -0.479 e. The van der Waals surface area contributed by atoms with Gasteiger partial charge in [0.15, 0.2) is 5.60 Å². The Morgan fingerprint density at radius 2 is 2.11 bits per heavy atom. The molecule has 1 amide bonds. The second-order valence-corrected chi connectivity index (χ2v) is 5.73. The van der Waals surface area contributed by atoms with E-state index in [1.807, 2.05) is 0 Å². The molecule has 0 bridgehead atoms. The lowest BCUT2D eigenvalue weighted by Gasteiger charge is -2.28.